The summed E-state index contributed by atoms with van der Waals surface area (Å²) in [5, 5.41) is 0. The van der Waals surface area contributed by atoms with Gasteiger partial charge in [-0.2, -0.15) is 11.8 Å². The number of thioether (sulfide) groups is 1. The van der Waals surface area contributed by atoms with Gasteiger partial charge < -0.3 is 4.74 Å². The second-order valence-corrected chi connectivity index (χ2v) is 8.54. The van der Waals surface area contributed by atoms with Crippen molar-refractivity contribution in [1.29, 1.82) is 0 Å². The number of ether oxygens (including phenoxy) is 1. The fourth-order valence-electron chi connectivity index (χ4n) is 4.41. The Balaban J connectivity index is 1.68. The van der Waals surface area contributed by atoms with Crippen molar-refractivity contribution in [2.24, 2.45) is 11.3 Å². The number of Topliss-reactive ketones (excluding diaryl/α,β-unsaturated/α-hetero) is 1. The molecule has 0 aromatic heterocycles. The third-order valence-corrected chi connectivity index (χ3v) is 6.81. The predicted octanol–water partition coefficient (Wildman–Crippen LogP) is 4.22. The average Bonchev–Trinajstić information content (AvgIpc) is 2.48. The van der Waals surface area contributed by atoms with Crippen LogP contribution in [0.1, 0.15) is 64.7 Å². The number of ketones is 1. The zero-order valence-electron chi connectivity index (χ0n) is 12.8. The Bertz CT molecular complexity index is 348. The highest BCUT2D eigenvalue weighted by Crippen LogP contribution is 2.45. The van der Waals surface area contributed by atoms with Crippen molar-refractivity contribution >= 4 is 17.5 Å². The molecule has 0 N–H and O–H groups in total. The van der Waals surface area contributed by atoms with Crippen LogP contribution in [0.25, 0.3) is 0 Å². The van der Waals surface area contributed by atoms with E-state index in [4.69, 9.17) is 4.74 Å². The van der Waals surface area contributed by atoms with Crippen LogP contribution in [0.4, 0.5) is 0 Å². The molecule has 1 aliphatic carbocycles. The molecule has 2 heterocycles. The molecule has 0 aromatic rings. The molecule has 3 rings (SSSR count). The van der Waals surface area contributed by atoms with Gasteiger partial charge in [0.15, 0.2) is 0 Å². The molecule has 2 nitrogen and oxygen atoms in total. The number of rotatable bonds is 2. The first-order chi connectivity index (χ1) is 9.64. The van der Waals surface area contributed by atoms with E-state index in [2.05, 4.69) is 6.92 Å². The third kappa shape index (κ3) is 2.94. The second kappa shape index (κ2) is 6.00. The molecular weight excluding hydrogens is 268 g/mol. The topological polar surface area (TPSA) is 26.3 Å². The van der Waals surface area contributed by atoms with Gasteiger partial charge in [-0.1, -0.05) is 26.2 Å². The number of hydrogen-bond acceptors (Lipinski definition) is 3. The van der Waals surface area contributed by atoms with E-state index in [-0.39, 0.29) is 16.9 Å². The van der Waals surface area contributed by atoms with Crippen LogP contribution >= 0.6 is 11.8 Å². The van der Waals surface area contributed by atoms with Crippen molar-refractivity contribution in [1.82, 2.24) is 0 Å². The number of carbonyl (C=O) groups excluding carboxylic acids is 1. The summed E-state index contributed by atoms with van der Waals surface area (Å²) in [6.45, 7) is 3.03. The van der Waals surface area contributed by atoms with E-state index in [0.29, 0.717) is 5.78 Å². The highest BCUT2D eigenvalue weighted by atomic mass is 32.2. The zero-order chi connectivity index (χ0) is 14.1. The van der Waals surface area contributed by atoms with Crippen LogP contribution in [-0.4, -0.2) is 29.5 Å². The van der Waals surface area contributed by atoms with Crippen molar-refractivity contribution in [3.05, 3.63) is 0 Å². The minimum absolute atomic E-state index is 0.0230. The fourth-order valence-corrected chi connectivity index (χ4v) is 5.65. The van der Waals surface area contributed by atoms with Crippen molar-refractivity contribution < 1.29 is 9.53 Å². The highest BCUT2D eigenvalue weighted by molar-refractivity contribution is 7.99. The molecule has 1 atom stereocenters. The van der Waals surface area contributed by atoms with Gasteiger partial charge in [0.2, 0.25) is 0 Å². The van der Waals surface area contributed by atoms with Gasteiger partial charge in [0.05, 0.1) is 5.60 Å². The summed E-state index contributed by atoms with van der Waals surface area (Å²) < 4.78 is 6.14. The number of hydrogen-bond donors (Lipinski definition) is 0. The molecular formula is C17H28O2S. The van der Waals surface area contributed by atoms with Crippen molar-refractivity contribution in [3.8, 4) is 0 Å². The Morgan fingerprint density at radius 3 is 2.50 bits per heavy atom. The molecule has 0 aromatic carbocycles. The van der Waals surface area contributed by atoms with Gasteiger partial charge in [-0.15, -0.1) is 0 Å². The van der Waals surface area contributed by atoms with E-state index in [0.717, 1.165) is 45.1 Å². The maximum absolute atomic E-state index is 13.0. The van der Waals surface area contributed by atoms with Crippen LogP contribution in [-0.2, 0) is 9.53 Å². The third-order valence-electron chi connectivity index (χ3n) is 5.82. The smallest absolute Gasteiger partial charge is 0.142 e. The highest BCUT2D eigenvalue weighted by Gasteiger charge is 2.45. The summed E-state index contributed by atoms with van der Waals surface area (Å²) >= 11 is 2.03. The van der Waals surface area contributed by atoms with E-state index < -0.39 is 0 Å². The Morgan fingerprint density at radius 2 is 1.80 bits per heavy atom. The van der Waals surface area contributed by atoms with Gasteiger partial charge in [-0.25, -0.2) is 0 Å². The maximum Gasteiger partial charge on any atom is 0.142 e. The van der Waals surface area contributed by atoms with Crippen LogP contribution in [0, 0.1) is 11.3 Å². The Labute approximate surface area is 127 Å². The van der Waals surface area contributed by atoms with E-state index in [9.17, 15) is 4.79 Å². The van der Waals surface area contributed by atoms with Gasteiger partial charge in [0, 0.05) is 17.9 Å². The summed E-state index contributed by atoms with van der Waals surface area (Å²) in [6.07, 6.45) is 10.3. The molecule has 3 fully saturated rings. The molecule has 3 heteroatoms. The van der Waals surface area contributed by atoms with Crippen LogP contribution in [0.3, 0.4) is 0 Å². The lowest BCUT2D eigenvalue weighted by molar-refractivity contribution is -0.148. The van der Waals surface area contributed by atoms with E-state index in [1.54, 1.807) is 0 Å². The van der Waals surface area contributed by atoms with Crippen molar-refractivity contribution in [2.45, 2.75) is 70.3 Å². The molecule has 2 saturated heterocycles. The molecule has 114 valence electrons. The molecule has 1 spiro atoms. The van der Waals surface area contributed by atoms with Gasteiger partial charge >= 0.3 is 0 Å². The minimum atomic E-state index is -0.0230. The lowest BCUT2D eigenvalue weighted by atomic mass is 9.66. The lowest BCUT2D eigenvalue weighted by Crippen LogP contribution is -2.47. The van der Waals surface area contributed by atoms with Crippen LogP contribution < -0.4 is 0 Å². The average molecular weight is 296 g/mol. The minimum Gasteiger partial charge on any atom is -0.375 e. The summed E-state index contributed by atoms with van der Waals surface area (Å²) in [6, 6.07) is 0. The Kier molecular flexibility index (Phi) is 4.47. The summed E-state index contributed by atoms with van der Waals surface area (Å²) in [7, 11) is 0. The molecule has 0 amide bonds. The molecule has 20 heavy (non-hydrogen) atoms. The van der Waals surface area contributed by atoms with E-state index in [1.165, 1.54) is 30.8 Å². The zero-order valence-corrected chi connectivity index (χ0v) is 13.6. The molecule has 1 saturated carbocycles. The first-order valence-corrected chi connectivity index (χ1v) is 9.55. The molecule has 0 radical (unpaired) electrons. The number of carbonyl (C=O) groups is 1. The second-order valence-electron chi connectivity index (χ2n) is 7.32. The van der Waals surface area contributed by atoms with Crippen molar-refractivity contribution in [3.63, 3.8) is 0 Å². The monoisotopic (exact) mass is 296 g/mol. The van der Waals surface area contributed by atoms with Gasteiger partial charge in [-0.3, -0.25) is 4.79 Å². The fraction of sp³-hybridized carbons (Fsp3) is 0.941. The van der Waals surface area contributed by atoms with E-state index >= 15 is 0 Å². The largest absolute Gasteiger partial charge is 0.375 e. The SMILES string of the molecule is CC1(C(=O)C2CCOC3(CCSCC3)C2)CCCCC1. The molecule has 1 unspecified atom stereocenters. The quantitative estimate of drug-likeness (QED) is 0.763. The van der Waals surface area contributed by atoms with Gasteiger partial charge in [0.25, 0.3) is 0 Å². The summed E-state index contributed by atoms with van der Waals surface area (Å²) in [5.41, 5.74) is 0.0275. The first kappa shape index (κ1) is 14.9. The normalized spacial score (nSPS) is 33.0. The Hall–Kier alpha value is -0.0200. The summed E-state index contributed by atoms with van der Waals surface area (Å²) in [4.78, 5) is 13.0. The molecule has 3 aliphatic rings. The molecule has 0 bridgehead atoms. The van der Waals surface area contributed by atoms with Crippen molar-refractivity contribution in [2.75, 3.05) is 18.1 Å². The van der Waals surface area contributed by atoms with E-state index in [1.807, 2.05) is 11.8 Å². The maximum atomic E-state index is 13.0. The predicted molar refractivity (Wildman–Crippen MR) is 84.2 cm³/mol. The Morgan fingerprint density at radius 1 is 1.10 bits per heavy atom. The molecule has 2 aliphatic heterocycles. The van der Waals surface area contributed by atoms with Gasteiger partial charge in [0.1, 0.15) is 5.78 Å². The first-order valence-electron chi connectivity index (χ1n) is 8.40. The lowest BCUT2D eigenvalue weighted by Gasteiger charge is -2.45. The van der Waals surface area contributed by atoms with Gasteiger partial charge in [-0.05, 0) is 50.0 Å². The van der Waals surface area contributed by atoms with Crippen LogP contribution in [0.5, 0.6) is 0 Å². The summed E-state index contributed by atoms with van der Waals surface area (Å²) in [5.74, 6) is 3.25. The standard InChI is InChI=1S/C17H28O2S/c1-16(6-3-2-4-7-16)15(18)14-5-10-19-17(13-14)8-11-20-12-9-17/h14H,2-13H2,1H3. The van der Waals surface area contributed by atoms with Crippen LogP contribution in [0.2, 0.25) is 0 Å². The van der Waals surface area contributed by atoms with Crippen LogP contribution in [0.15, 0.2) is 0 Å².